The molecule has 2 fully saturated rings. The van der Waals surface area contributed by atoms with E-state index in [0.29, 0.717) is 31.3 Å². The van der Waals surface area contributed by atoms with Gasteiger partial charge in [-0.1, -0.05) is 56.5 Å². The van der Waals surface area contributed by atoms with Crippen LogP contribution in [-0.4, -0.2) is 40.2 Å². The number of nitrogens with zero attached hydrogens (tertiary/aromatic N) is 3. The number of aromatic nitrogens is 2. The minimum atomic E-state index is -0.177. The summed E-state index contributed by atoms with van der Waals surface area (Å²) in [5, 5.41) is 0. The maximum atomic E-state index is 12.8. The van der Waals surface area contributed by atoms with Crippen LogP contribution >= 0.6 is 0 Å². The number of unbranched alkanes of at least 4 members (excludes halogenated alkanes) is 1. The number of amides is 1. The van der Waals surface area contributed by atoms with E-state index in [1.54, 1.807) is 17.0 Å². The Morgan fingerprint density at radius 3 is 2.71 bits per heavy atom. The number of hydrogen-bond donors (Lipinski definition) is 0. The van der Waals surface area contributed by atoms with Crippen LogP contribution < -0.4 is 5.56 Å². The first kappa shape index (κ1) is 21.6. The summed E-state index contributed by atoms with van der Waals surface area (Å²) in [6, 6.07) is 11.4. The number of carbonyl (C=O) groups excluding carboxylic acids is 1. The Balaban J connectivity index is 1.47. The van der Waals surface area contributed by atoms with E-state index in [1.165, 1.54) is 12.8 Å². The van der Waals surface area contributed by atoms with Crippen LogP contribution in [0.2, 0.25) is 0 Å². The predicted octanol–water partition coefficient (Wildman–Crippen LogP) is 4.73. The van der Waals surface area contributed by atoms with Crippen LogP contribution in [0.15, 0.2) is 47.5 Å². The van der Waals surface area contributed by atoms with Crippen LogP contribution in [0.5, 0.6) is 0 Å². The number of piperidine rings is 1. The van der Waals surface area contributed by atoms with E-state index in [0.717, 1.165) is 44.2 Å². The lowest BCUT2D eigenvalue weighted by Gasteiger charge is -2.46. The predicted molar refractivity (Wildman–Crippen MR) is 121 cm³/mol. The van der Waals surface area contributed by atoms with Gasteiger partial charge in [-0.25, -0.2) is 9.78 Å². The van der Waals surface area contributed by atoms with E-state index in [4.69, 9.17) is 4.74 Å². The molecule has 1 amide bonds. The van der Waals surface area contributed by atoms with Gasteiger partial charge in [-0.05, 0) is 37.0 Å². The van der Waals surface area contributed by atoms with Crippen LogP contribution in [0, 0.1) is 11.3 Å². The molecule has 6 nitrogen and oxygen atoms in total. The molecule has 1 unspecified atom stereocenters. The van der Waals surface area contributed by atoms with Gasteiger partial charge >= 0.3 is 6.09 Å². The first-order valence-corrected chi connectivity index (χ1v) is 11.6. The summed E-state index contributed by atoms with van der Waals surface area (Å²) in [5.41, 5.74) is 1.74. The monoisotopic (exact) mass is 423 g/mol. The maximum Gasteiger partial charge on any atom is 0.409 e. The second-order valence-corrected chi connectivity index (χ2v) is 9.08. The molecule has 31 heavy (non-hydrogen) atoms. The van der Waals surface area contributed by atoms with Gasteiger partial charge in [0, 0.05) is 31.3 Å². The number of rotatable bonds is 6. The lowest BCUT2D eigenvalue weighted by Crippen LogP contribution is -2.51. The van der Waals surface area contributed by atoms with Crippen LogP contribution in [0.3, 0.4) is 0 Å². The number of hydrogen-bond acceptors (Lipinski definition) is 4. The highest BCUT2D eigenvalue weighted by molar-refractivity contribution is 5.67. The van der Waals surface area contributed by atoms with Gasteiger partial charge in [-0.2, -0.15) is 0 Å². The summed E-state index contributed by atoms with van der Waals surface area (Å²) in [4.78, 5) is 31.8. The highest BCUT2D eigenvalue weighted by atomic mass is 16.6. The Morgan fingerprint density at radius 1 is 1.23 bits per heavy atom. The third-order valence-corrected chi connectivity index (χ3v) is 7.07. The number of benzene rings is 1. The minimum absolute atomic E-state index is 0.0107. The normalized spacial score (nSPS) is 20.2. The molecule has 1 spiro atoms. The average molecular weight is 424 g/mol. The highest BCUT2D eigenvalue weighted by Crippen LogP contribution is 2.49. The number of carbonyl (C=O) groups is 1. The summed E-state index contributed by atoms with van der Waals surface area (Å²) >= 11 is 0. The van der Waals surface area contributed by atoms with Crippen molar-refractivity contribution < 1.29 is 9.53 Å². The molecule has 4 rings (SSSR count). The number of ether oxygens (including phenoxy) is 1. The molecule has 6 heteroatoms. The van der Waals surface area contributed by atoms with E-state index < -0.39 is 0 Å². The van der Waals surface area contributed by atoms with Crippen molar-refractivity contribution in [3.8, 4) is 11.3 Å². The molecule has 1 saturated heterocycles. The Hall–Kier alpha value is -2.63. The third-order valence-electron chi connectivity index (χ3n) is 7.07. The Kier molecular flexibility index (Phi) is 6.73. The molecule has 1 aromatic heterocycles. The fourth-order valence-corrected chi connectivity index (χ4v) is 5.25. The topological polar surface area (TPSA) is 64.4 Å². The molecule has 1 saturated carbocycles. The fraction of sp³-hybridized carbons (Fsp3) is 0.560. The largest absolute Gasteiger partial charge is 0.449 e. The molecule has 1 aromatic carbocycles. The molecule has 0 radical (unpaired) electrons. The van der Waals surface area contributed by atoms with E-state index in [2.05, 4.69) is 11.9 Å². The molecule has 1 aliphatic heterocycles. The molecular weight excluding hydrogens is 390 g/mol. The molecule has 2 aliphatic rings. The van der Waals surface area contributed by atoms with Gasteiger partial charge in [0.05, 0.1) is 18.6 Å². The van der Waals surface area contributed by atoms with E-state index >= 15 is 0 Å². The summed E-state index contributed by atoms with van der Waals surface area (Å²) in [6.45, 7) is 4.70. The van der Waals surface area contributed by atoms with Crippen molar-refractivity contribution in [2.24, 2.45) is 11.3 Å². The first-order chi connectivity index (χ1) is 15.1. The van der Waals surface area contributed by atoms with E-state index in [9.17, 15) is 9.59 Å². The molecule has 2 aromatic rings. The molecule has 0 bridgehead atoms. The van der Waals surface area contributed by atoms with Crippen molar-refractivity contribution in [2.75, 3.05) is 19.7 Å². The standard InChI is InChI=1S/C25H33N3O3/c1-2-3-15-31-24(30)27-14-11-21(25(18-27)12-7-8-13-25)17-28-19-26-22(16-23(28)29)20-9-5-4-6-10-20/h4-6,9-10,16,19,21H,2-3,7-8,11-15,17-18H2,1H3. The van der Waals surface area contributed by atoms with Crippen molar-refractivity contribution >= 4 is 6.09 Å². The zero-order chi connectivity index (χ0) is 21.7. The van der Waals surface area contributed by atoms with E-state index in [1.807, 2.05) is 35.2 Å². The van der Waals surface area contributed by atoms with Crippen molar-refractivity contribution in [2.45, 2.75) is 58.4 Å². The summed E-state index contributed by atoms with van der Waals surface area (Å²) in [5.74, 6) is 0.372. The quantitative estimate of drug-likeness (QED) is 0.630. The first-order valence-electron chi connectivity index (χ1n) is 11.6. The molecule has 1 atom stereocenters. The van der Waals surface area contributed by atoms with Crippen molar-refractivity contribution in [3.63, 3.8) is 0 Å². The number of likely N-dealkylation sites (tertiary alicyclic amines) is 1. The Labute approximate surface area is 184 Å². The highest BCUT2D eigenvalue weighted by Gasteiger charge is 2.46. The second kappa shape index (κ2) is 9.67. The summed E-state index contributed by atoms with van der Waals surface area (Å²) in [6.07, 6.45) is 8.94. The second-order valence-electron chi connectivity index (χ2n) is 9.08. The Morgan fingerprint density at radius 2 is 2.00 bits per heavy atom. The van der Waals surface area contributed by atoms with Gasteiger partial charge < -0.3 is 9.64 Å². The van der Waals surface area contributed by atoms with E-state index in [-0.39, 0.29) is 17.1 Å². The van der Waals surface area contributed by atoms with Crippen LogP contribution in [0.1, 0.15) is 51.9 Å². The van der Waals surface area contributed by atoms with Crippen LogP contribution in [0.4, 0.5) is 4.79 Å². The third kappa shape index (κ3) is 4.83. The molecule has 2 heterocycles. The van der Waals surface area contributed by atoms with Gasteiger partial charge in [0.25, 0.3) is 5.56 Å². The average Bonchev–Trinajstić information content (AvgIpc) is 3.26. The van der Waals surface area contributed by atoms with Gasteiger partial charge in [0.2, 0.25) is 0 Å². The lowest BCUT2D eigenvalue weighted by molar-refractivity contribution is 0.0139. The zero-order valence-electron chi connectivity index (χ0n) is 18.5. The zero-order valence-corrected chi connectivity index (χ0v) is 18.5. The lowest BCUT2D eigenvalue weighted by atomic mass is 9.69. The van der Waals surface area contributed by atoms with Gasteiger partial charge in [0.15, 0.2) is 0 Å². The summed E-state index contributed by atoms with van der Waals surface area (Å²) in [7, 11) is 0. The fourth-order valence-electron chi connectivity index (χ4n) is 5.25. The molecule has 1 aliphatic carbocycles. The molecule has 166 valence electrons. The molecular formula is C25H33N3O3. The minimum Gasteiger partial charge on any atom is -0.449 e. The maximum absolute atomic E-state index is 12.8. The van der Waals surface area contributed by atoms with Crippen molar-refractivity contribution in [1.82, 2.24) is 14.5 Å². The van der Waals surface area contributed by atoms with Gasteiger partial charge in [-0.15, -0.1) is 0 Å². The Bertz CT molecular complexity index is 935. The van der Waals surface area contributed by atoms with Crippen molar-refractivity contribution in [3.05, 3.63) is 53.1 Å². The van der Waals surface area contributed by atoms with Crippen LogP contribution in [-0.2, 0) is 11.3 Å². The van der Waals surface area contributed by atoms with Gasteiger partial charge in [0.1, 0.15) is 0 Å². The summed E-state index contributed by atoms with van der Waals surface area (Å²) < 4.78 is 7.23. The smallest absolute Gasteiger partial charge is 0.409 e. The van der Waals surface area contributed by atoms with Crippen molar-refractivity contribution in [1.29, 1.82) is 0 Å². The molecule has 0 N–H and O–H groups in total. The van der Waals surface area contributed by atoms with Gasteiger partial charge in [-0.3, -0.25) is 9.36 Å². The SMILES string of the molecule is CCCCOC(=O)N1CCC(Cn2cnc(-c3ccccc3)cc2=O)C2(CCCC2)C1. The van der Waals surface area contributed by atoms with Crippen LogP contribution in [0.25, 0.3) is 11.3 Å².